The summed E-state index contributed by atoms with van der Waals surface area (Å²) in [5.41, 5.74) is -0.188. The van der Waals surface area contributed by atoms with E-state index < -0.39 is 35.7 Å². The SMILES string of the molecule is O=C(Cn1nc(C(=O)N2CCc3ccccc32)ccc1=O)Nc1cc(C(F)(F)F)ccc1Cl. The van der Waals surface area contributed by atoms with E-state index in [1.54, 1.807) is 0 Å². The smallest absolute Gasteiger partial charge is 0.323 e. The molecule has 0 fully saturated rings. The molecule has 4 rings (SSSR count). The monoisotopic (exact) mass is 476 g/mol. The van der Waals surface area contributed by atoms with Crippen molar-refractivity contribution >= 4 is 34.8 Å². The molecule has 0 aliphatic carbocycles. The lowest BCUT2D eigenvalue weighted by atomic mass is 10.2. The Bertz CT molecular complexity index is 1310. The quantitative estimate of drug-likeness (QED) is 0.621. The summed E-state index contributed by atoms with van der Waals surface area (Å²) < 4.78 is 39.6. The molecule has 2 aromatic carbocycles. The minimum atomic E-state index is -4.62. The molecule has 1 aromatic heterocycles. The van der Waals surface area contributed by atoms with Crippen LogP contribution >= 0.6 is 11.6 Å². The Hall–Kier alpha value is -3.66. The average molecular weight is 477 g/mol. The summed E-state index contributed by atoms with van der Waals surface area (Å²) in [6, 6.07) is 12.3. The van der Waals surface area contributed by atoms with Crippen LogP contribution in [-0.2, 0) is 23.9 Å². The highest BCUT2D eigenvalue weighted by atomic mass is 35.5. The van der Waals surface area contributed by atoms with Gasteiger partial charge in [0.2, 0.25) is 5.91 Å². The van der Waals surface area contributed by atoms with E-state index in [4.69, 9.17) is 11.6 Å². The summed E-state index contributed by atoms with van der Waals surface area (Å²) in [5.74, 6) is -1.27. The maximum Gasteiger partial charge on any atom is 0.416 e. The van der Waals surface area contributed by atoms with Crippen molar-refractivity contribution in [3.05, 3.63) is 86.8 Å². The number of rotatable bonds is 4. The maximum absolute atomic E-state index is 12.9. The van der Waals surface area contributed by atoms with Gasteiger partial charge in [0, 0.05) is 18.3 Å². The van der Waals surface area contributed by atoms with Gasteiger partial charge in [-0.1, -0.05) is 29.8 Å². The Balaban J connectivity index is 1.53. The first kappa shape index (κ1) is 22.5. The molecule has 1 N–H and O–H groups in total. The van der Waals surface area contributed by atoms with Crippen LogP contribution in [0.5, 0.6) is 0 Å². The van der Waals surface area contributed by atoms with Crippen LogP contribution in [-0.4, -0.2) is 28.1 Å². The highest BCUT2D eigenvalue weighted by Gasteiger charge is 2.31. The van der Waals surface area contributed by atoms with Crippen molar-refractivity contribution in [1.29, 1.82) is 0 Å². The molecule has 1 aliphatic rings. The lowest BCUT2D eigenvalue weighted by molar-refractivity contribution is -0.137. The summed E-state index contributed by atoms with van der Waals surface area (Å²) in [5, 5.41) is 6.14. The zero-order valence-electron chi connectivity index (χ0n) is 16.9. The summed E-state index contributed by atoms with van der Waals surface area (Å²) in [4.78, 5) is 39.1. The van der Waals surface area contributed by atoms with Crippen molar-refractivity contribution in [2.75, 3.05) is 16.8 Å². The van der Waals surface area contributed by atoms with Gasteiger partial charge in [-0.05, 0) is 42.3 Å². The highest BCUT2D eigenvalue weighted by Crippen LogP contribution is 2.34. The van der Waals surface area contributed by atoms with Crippen LogP contribution in [0.3, 0.4) is 0 Å². The van der Waals surface area contributed by atoms with Crippen molar-refractivity contribution in [2.45, 2.75) is 19.1 Å². The second-order valence-electron chi connectivity index (χ2n) is 7.29. The van der Waals surface area contributed by atoms with Gasteiger partial charge in [-0.25, -0.2) is 4.68 Å². The molecule has 0 atom stereocenters. The molecule has 2 amide bonds. The number of para-hydroxylation sites is 1. The predicted octanol–water partition coefficient (Wildman–Crippen LogP) is 3.76. The fourth-order valence-electron chi connectivity index (χ4n) is 3.49. The molecule has 0 saturated carbocycles. The third kappa shape index (κ3) is 4.75. The fraction of sp³-hybridized carbons (Fsp3) is 0.182. The Morgan fingerprint density at radius 3 is 2.61 bits per heavy atom. The number of aromatic nitrogens is 2. The number of hydrogen-bond acceptors (Lipinski definition) is 4. The van der Waals surface area contributed by atoms with E-state index in [2.05, 4.69) is 10.4 Å². The van der Waals surface area contributed by atoms with Crippen LogP contribution in [0.2, 0.25) is 5.02 Å². The minimum absolute atomic E-state index is 0.0452. The molecule has 0 saturated heterocycles. The molecule has 7 nitrogen and oxygen atoms in total. The largest absolute Gasteiger partial charge is 0.416 e. The number of nitrogens with zero attached hydrogens (tertiary/aromatic N) is 3. The number of halogens is 4. The third-order valence-electron chi connectivity index (χ3n) is 5.08. The molecule has 11 heteroatoms. The molecule has 170 valence electrons. The van der Waals surface area contributed by atoms with Crippen LogP contribution in [0.25, 0.3) is 0 Å². The van der Waals surface area contributed by atoms with E-state index in [0.29, 0.717) is 19.0 Å². The maximum atomic E-state index is 12.9. The number of amides is 2. The van der Waals surface area contributed by atoms with E-state index >= 15 is 0 Å². The van der Waals surface area contributed by atoms with Gasteiger partial charge in [-0.2, -0.15) is 18.3 Å². The van der Waals surface area contributed by atoms with Crippen LogP contribution < -0.4 is 15.8 Å². The normalized spacial score (nSPS) is 13.0. The zero-order chi connectivity index (χ0) is 23.8. The highest BCUT2D eigenvalue weighted by molar-refractivity contribution is 6.33. The van der Waals surface area contributed by atoms with Gasteiger partial charge in [-0.3, -0.25) is 14.4 Å². The average Bonchev–Trinajstić information content (AvgIpc) is 3.19. The van der Waals surface area contributed by atoms with E-state index in [9.17, 15) is 27.6 Å². The van der Waals surface area contributed by atoms with E-state index in [1.165, 1.54) is 11.0 Å². The van der Waals surface area contributed by atoms with Crippen molar-refractivity contribution < 1.29 is 22.8 Å². The summed E-state index contributed by atoms with van der Waals surface area (Å²) in [6.45, 7) is -0.170. The standard InChI is InChI=1S/C22H16ClF3N4O3/c23-15-6-5-14(22(24,25)26)11-17(15)27-19(31)12-30-20(32)8-7-16(28-30)21(33)29-10-9-13-3-1-2-4-18(13)29/h1-8,11H,9-10,12H2,(H,27,31). The number of benzene rings is 2. The van der Waals surface area contributed by atoms with E-state index in [0.717, 1.165) is 34.1 Å². The number of nitrogens with one attached hydrogen (secondary N) is 1. The molecule has 1 aliphatic heterocycles. The molecule has 0 radical (unpaired) electrons. The second-order valence-corrected chi connectivity index (χ2v) is 7.70. The van der Waals surface area contributed by atoms with Crippen molar-refractivity contribution in [1.82, 2.24) is 9.78 Å². The summed E-state index contributed by atoms with van der Waals surface area (Å²) in [7, 11) is 0. The first-order valence-corrected chi connectivity index (χ1v) is 10.2. The molecular weight excluding hydrogens is 461 g/mol. The first-order chi connectivity index (χ1) is 15.6. The number of carbonyl (C=O) groups excluding carboxylic acids is 2. The zero-order valence-corrected chi connectivity index (χ0v) is 17.7. The van der Waals surface area contributed by atoms with Crippen molar-refractivity contribution in [2.24, 2.45) is 0 Å². The van der Waals surface area contributed by atoms with Crippen LogP contribution in [0.15, 0.2) is 59.4 Å². The van der Waals surface area contributed by atoms with Crippen LogP contribution in [0.1, 0.15) is 21.6 Å². The van der Waals surface area contributed by atoms with Crippen molar-refractivity contribution in [3.63, 3.8) is 0 Å². The topological polar surface area (TPSA) is 84.3 Å². The molecule has 3 aromatic rings. The van der Waals surface area contributed by atoms with Crippen LogP contribution in [0, 0.1) is 0 Å². The van der Waals surface area contributed by atoms with E-state index in [1.807, 2.05) is 24.3 Å². The molecule has 0 bridgehead atoms. The number of anilines is 2. The number of fused-ring (bicyclic) bond motifs is 1. The molecular formula is C22H16ClF3N4O3. The number of carbonyl (C=O) groups is 2. The molecule has 2 heterocycles. The Morgan fingerprint density at radius 1 is 1.09 bits per heavy atom. The van der Waals surface area contributed by atoms with Gasteiger partial charge < -0.3 is 10.2 Å². The lowest BCUT2D eigenvalue weighted by Gasteiger charge is -2.17. The number of alkyl halides is 3. The fourth-order valence-corrected chi connectivity index (χ4v) is 3.65. The summed E-state index contributed by atoms with van der Waals surface area (Å²) in [6.07, 6.45) is -3.94. The van der Waals surface area contributed by atoms with Gasteiger partial charge in [0.25, 0.3) is 11.5 Å². The molecule has 0 unspecified atom stereocenters. The third-order valence-corrected chi connectivity index (χ3v) is 5.41. The van der Waals surface area contributed by atoms with Gasteiger partial charge in [0.05, 0.1) is 16.3 Å². The first-order valence-electron chi connectivity index (χ1n) is 9.78. The van der Waals surface area contributed by atoms with Crippen LogP contribution in [0.4, 0.5) is 24.5 Å². The lowest BCUT2D eigenvalue weighted by Crippen LogP contribution is -2.34. The van der Waals surface area contributed by atoms with Gasteiger partial charge in [0.15, 0.2) is 0 Å². The Kier molecular flexibility index (Phi) is 5.94. The minimum Gasteiger partial charge on any atom is -0.323 e. The van der Waals surface area contributed by atoms with E-state index in [-0.39, 0.29) is 16.4 Å². The predicted molar refractivity (Wildman–Crippen MR) is 115 cm³/mol. The van der Waals surface area contributed by atoms with Crippen molar-refractivity contribution in [3.8, 4) is 0 Å². The second kappa shape index (κ2) is 8.70. The molecule has 0 spiro atoms. The van der Waals surface area contributed by atoms with Gasteiger partial charge >= 0.3 is 6.18 Å². The summed E-state index contributed by atoms with van der Waals surface area (Å²) >= 11 is 5.89. The van der Waals surface area contributed by atoms with Gasteiger partial charge in [-0.15, -0.1) is 0 Å². The Labute approximate surface area is 190 Å². The number of hydrogen-bond donors (Lipinski definition) is 1. The Morgan fingerprint density at radius 2 is 1.85 bits per heavy atom. The molecule has 33 heavy (non-hydrogen) atoms. The van der Waals surface area contributed by atoms with Gasteiger partial charge in [0.1, 0.15) is 12.2 Å².